The number of ether oxygens (including phenoxy) is 1. The van der Waals surface area contributed by atoms with Gasteiger partial charge in [-0.2, -0.15) is 0 Å². The van der Waals surface area contributed by atoms with Crippen LogP contribution in [-0.4, -0.2) is 51.6 Å². The molecule has 5 nitrogen and oxygen atoms in total. The summed E-state index contributed by atoms with van der Waals surface area (Å²) in [6.07, 6.45) is -2.81. The molecule has 60 valence electrons. The Hall–Kier alpha value is -0.200. The van der Waals surface area contributed by atoms with E-state index < -0.39 is 24.6 Å². The van der Waals surface area contributed by atoms with E-state index in [1.54, 1.807) is 0 Å². The van der Waals surface area contributed by atoms with Gasteiger partial charge >= 0.3 is 0 Å². The molecule has 0 bridgehead atoms. The smallest absolute Gasteiger partial charge is 0.184 e. The molecule has 0 amide bonds. The predicted molar refractivity (Wildman–Crippen MR) is 30.0 cm³/mol. The molecule has 0 aromatic heterocycles. The largest absolute Gasteiger partial charge is 0.393 e. The van der Waals surface area contributed by atoms with Crippen molar-refractivity contribution in [3.05, 3.63) is 0 Å². The van der Waals surface area contributed by atoms with E-state index in [9.17, 15) is 0 Å². The van der Waals surface area contributed by atoms with Crippen molar-refractivity contribution in [2.75, 3.05) is 13.2 Å². The topological polar surface area (TPSA) is 90.2 Å². The highest BCUT2D eigenvalue weighted by Crippen LogP contribution is 2.22. The highest BCUT2D eigenvalue weighted by atomic mass is 16.6. The predicted octanol–water partition coefficient (Wildman–Crippen LogP) is -2.58. The Morgan fingerprint density at radius 2 is 2.10 bits per heavy atom. The van der Waals surface area contributed by atoms with Gasteiger partial charge in [0.1, 0.15) is 11.7 Å². The monoisotopic (exact) mass is 150 g/mol. The third kappa shape index (κ3) is 1.02. The van der Waals surface area contributed by atoms with Gasteiger partial charge in [0.25, 0.3) is 0 Å². The second kappa shape index (κ2) is 2.44. The van der Waals surface area contributed by atoms with E-state index in [1.807, 2.05) is 0 Å². The Bertz CT molecular complexity index is 127. The van der Waals surface area contributed by atoms with Gasteiger partial charge < -0.3 is 25.2 Å². The summed E-state index contributed by atoms with van der Waals surface area (Å²) in [7, 11) is 0. The summed E-state index contributed by atoms with van der Waals surface area (Å²) < 4.78 is 4.47. The molecule has 0 aromatic rings. The summed E-state index contributed by atoms with van der Waals surface area (Å²) in [5.74, 6) is 0. The first-order valence-corrected chi connectivity index (χ1v) is 2.91. The van der Waals surface area contributed by atoms with Crippen LogP contribution in [0.4, 0.5) is 0 Å². The quantitative estimate of drug-likeness (QED) is 0.329. The summed E-state index contributed by atoms with van der Waals surface area (Å²) >= 11 is 0. The third-order valence-electron chi connectivity index (χ3n) is 1.60. The maximum Gasteiger partial charge on any atom is 0.184 e. The Kier molecular flexibility index (Phi) is 1.93. The lowest BCUT2D eigenvalue weighted by molar-refractivity contribution is -0.128. The van der Waals surface area contributed by atoms with Crippen molar-refractivity contribution >= 4 is 0 Å². The Morgan fingerprint density at radius 3 is 2.30 bits per heavy atom. The fourth-order valence-electron chi connectivity index (χ4n) is 0.811. The van der Waals surface area contributed by atoms with E-state index in [2.05, 4.69) is 4.74 Å². The van der Waals surface area contributed by atoms with Gasteiger partial charge in [-0.05, 0) is 0 Å². The van der Waals surface area contributed by atoms with Gasteiger partial charge in [-0.1, -0.05) is 0 Å². The molecule has 5 heteroatoms. The zero-order valence-electron chi connectivity index (χ0n) is 5.27. The van der Waals surface area contributed by atoms with Crippen LogP contribution in [0.1, 0.15) is 0 Å². The molecule has 1 aliphatic rings. The summed E-state index contributed by atoms with van der Waals surface area (Å²) in [5.41, 5.74) is -1.70. The standard InChI is InChI=1S/C5H10O5/c6-1-5(9)2-10-4(8)3(5)7/h3-4,6-9H,1-2H2/t3?,4?,5-/m1/s1. The molecule has 1 aliphatic heterocycles. The molecule has 1 rings (SSSR count). The Morgan fingerprint density at radius 1 is 1.50 bits per heavy atom. The minimum Gasteiger partial charge on any atom is -0.393 e. The van der Waals surface area contributed by atoms with Crippen molar-refractivity contribution in [1.82, 2.24) is 0 Å². The zero-order valence-corrected chi connectivity index (χ0v) is 5.27. The maximum atomic E-state index is 9.15. The van der Waals surface area contributed by atoms with Crippen LogP contribution in [0.2, 0.25) is 0 Å². The first-order valence-electron chi connectivity index (χ1n) is 2.91. The van der Waals surface area contributed by atoms with Crippen LogP contribution >= 0.6 is 0 Å². The van der Waals surface area contributed by atoms with E-state index in [0.717, 1.165) is 0 Å². The first-order chi connectivity index (χ1) is 4.60. The summed E-state index contributed by atoms with van der Waals surface area (Å²) in [5, 5.41) is 35.3. The highest BCUT2D eigenvalue weighted by Gasteiger charge is 2.46. The van der Waals surface area contributed by atoms with Crippen molar-refractivity contribution in [3.8, 4) is 0 Å². The van der Waals surface area contributed by atoms with Gasteiger partial charge in [0.15, 0.2) is 6.29 Å². The van der Waals surface area contributed by atoms with Gasteiger partial charge in [-0.15, -0.1) is 0 Å². The van der Waals surface area contributed by atoms with Crippen LogP contribution in [0.15, 0.2) is 0 Å². The van der Waals surface area contributed by atoms with E-state index >= 15 is 0 Å². The Balaban J connectivity index is 2.64. The lowest BCUT2D eigenvalue weighted by Gasteiger charge is -2.21. The van der Waals surface area contributed by atoms with Crippen LogP contribution < -0.4 is 0 Å². The molecule has 0 saturated carbocycles. The number of hydrogen-bond acceptors (Lipinski definition) is 5. The van der Waals surface area contributed by atoms with Crippen molar-refractivity contribution in [2.24, 2.45) is 0 Å². The van der Waals surface area contributed by atoms with E-state index in [0.29, 0.717) is 0 Å². The molecule has 2 unspecified atom stereocenters. The number of aliphatic hydroxyl groups is 4. The molecule has 0 spiro atoms. The Labute approximate surface area is 57.5 Å². The molecule has 1 fully saturated rings. The van der Waals surface area contributed by atoms with Gasteiger partial charge in [0.05, 0.1) is 13.2 Å². The van der Waals surface area contributed by atoms with Crippen molar-refractivity contribution in [3.63, 3.8) is 0 Å². The highest BCUT2D eigenvalue weighted by molar-refractivity contribution is 4.92. The van der Waals surface area contributed by atoms with Crippen molar-refractivity contribution in [2.45, 2.75) is 18.0 Å². The average molecular weight is 150 g/mol. The zero-order chi connectivity index (χ0) is 7.78. The summed E-state index contributed by atoms with van der Waals surface area (Å²) in [6, 6.07) is 0. The molecular formula is C5H10O5. The first kappa shape index (κ1) is 7.90. The van der Waals surface area contributed by atoms with Gasteiger partial charge in [0.2, 0.25) is 0 Å². The fraction of sp³-hybridized carbons (Fsp3) is 1.00. The third-order valence-corrected chi connectivity index (χ3v) is 1.60. The molecule has 3 atom stereocenters. The molecule has 1 heterocycles. The second-order valence-electron chi connectivity index (χ2n) is 2.41. The van der Waals surface area contributed by atoms with E-state index in [-0.39, 0.29) is 6.61 Å². The lowest BCUT2D eigenvalue weighted by atomic mass is 10.0. The SMILES string of the molecule is OC[C@@]1(O)COC(O)C1O. The van der Waals surface area contributed by atoms with Crippen molar-refractivity contribution < 1.29 is 25.2 Å². The van der Waals surface area contributed by atoms with Crippen LogP contribution in [0.25, 0.3) is 0 Å². The average Bonchev–Trinajstić information content (AvgIpc) is 2.19. The van der Waals surface area contributed by atoms with Crippen LogP contribution in [0.5, 0.6) is 0 Å². The van der Waals surface area contributed by atoms with Crippen LogP contribution in [0.3, 0.4) is 0 Å². The van der Waals surface area contributed by atoms with Gasteiger partial charge in [-0.25, -0.2) is 0 Å². The van der Waals surface area contributed by atoms with Gasteiger partial charge in [0, 0.05) is 0 Å². The van der Waals surface area contributed by atoms with E-state index in [4.69, 9.17) is 20.4 Å². The number of hydrogen-bond donors (Lipinski definition) is 4. The molecule has 0 radical (unpaired) electrons. The van der Waals surface area contributed by atoms with E-state index in [1.165, 1.54) is 0 Å². The minimum atomic E-state index is -1.70. The van der Waals surface area contributed by atoms with Crippen LogP contribution in [-0.2, 0) is 4.74 Å². The molecule has 10 heavy (non-hydrogen) atoms. The molecule has 4 N–H and O–H groups in total. The molecular weight excluding hydrogens is 140 g/mol. The lowest BCUT2D eigenvalue weighted by Crippen LogP contribution is -2.46. The molecule has 0 aromatic carbocycles. The fourth-order valence-corrected chi connectivity index (χ4v) is 0.811. The number of rotatable bonds is 1. The van der Waals surface area contributed by atoms with Crippen molar-refractivity contribution in [1.29, 1.82) is 0 Å². The van der Waals surface area contributed by atoms with Gasteiger partial charge in [-0.3, -0.25) is 0 Å². The summed E-state index contributed by atoms with van der Waals surface area (Å²) in [6.45, 7) is -0.864. The normalized spacial score (nSPS) is 48.0. The number of aliphatic hydroxyl groups excluding tert-OH is 3. The minimum absolute atomic E-state index is 0.244. The molecule has 0 aliphatic carbocycles. The molecule has 1 saturated heterocycles. The second-order valence-corrected chi connectivity index (χ2v) is 2.41. The summed E-state index contributed by atoms with van der Waals surface area (Å²) in [4.78, 5) is 0. The maximum absolute atomic E-state index is 9.15. The van der Waals surface area contributed by atoms with Crippen LogP contribution in [0, 0.1) is 0 Å².